The van der Waals surface area contributed by atoms with Crippen molar-refractivity contribution >= 4 is 0 Å². The van der Waals surface area contributed by atoms with Gasteiger partial charge in [-0.05, 0) is 105 Å². The van der Waals surface area contributed by atoms with Crippen molar-refractivity contribution in [3.8, 4) is 5.75 Å². The molecule has 0 heterocycles. The van der Waals surface area contributed by atoms with Crippen molar-refractivity contribution in [3.63, 3.8) is 0 Å². The molecule has 3 nitrogen and oxygen atoms in total. The molecule has 0 aliphatic carbocycles. The van der Waals surface area contributed by atoms with Crippen LogP contribution in [0.4, 0.5) is 0 Å². The Morgan fingerprint density at radius 2 is 1.50 bits per heavy atom. The third-order valence-electron chi connectivity index (χ3n) is 7.62. The van der Waals surface area contributed by atoms with Gasteiger partial charge in [-0.3, -0.25) is 0 Å². The summed E-state index contributed by atoms with van der Waals surface area (Å²) < 4.78 is 6.07. The van der Waals surface area contributed by atoms with Crippen molar-refractivity contribution in [1.82, 2.24) is 0 Å². The van der Waals surface area contributed by atoms with Gasteiger partial charge in [0.25, 0.3) is 0 Å². The van der Waals surface area contributed by atoms with Crippen LogP contribution in [0, 0.1) is 19.3 Å². The summed E-state index contributed by atoms with van der Waals surface area (Å²) in [5.74, 6) is 0.988. The standard InChI is InChI=1S/C31H49NO2/c1-8-31(9-2,27-16-17-28(24(4)22-27)34-20-12-10-11-19-32)26-15-13-25(23(3)21-26)14-18-29(33)30(5,6)7/h13,15-17,21-22,29,33H,8-12,14,18-20,32H2,1-7H3. The van der Waals surface area contributed by atoms with Crippen molar-refractivity contribution in [1.29, 1.82) is 0 Å². The summed E-state index contributed by atoms with van der Waals surface area (Å²) in [5, 5.41) is 10.5. The summed E-state index contributed by atoms with van der Waals surface area (Å²) in [7, 11) is 0. The number of ether oxygens (including phenoxy) is 1. The van der Waals surface area contributed by atoms with Gasteiger partial charge in [0, 0.05) is 5.41 Å². The fourth-order valence-electron chi connectivity index (χ4n) is 4.95. The van der Waals surface area contributed by atoms with E-state index in [4.69, 9.17) is 10.5 Å². The van der Waals surface area contributed by atoms with Gasteiger partial charge in [-0.2, -0.15) is 0 Å². The van der Waals surface area contributed by atoms with E-state index in [2.05, 4.69) is 84.9 Å². The predicted molar refractivity (Wildman–Crippen MR) is 146 cm³/mol. The summed E-state index contributed by atoms with van der Waals surface area (Å²) in [4.78, 5) is 0. The molecule has 1 unspecified atom stereocenters. The van der Waals surface area contributed by atoms with Gasteiger partial charge in [0.2, 0.25) is 0 Å². The van der Waals surface area contributed by atoms with Gasteiger partial charge >= 0.3 is 0 Å². The van der Waals surface area contributed by atoms with Gasteiger partial charge in [-0.25, -0.2) is 0 Å². The molecule has 3 N–H and O–H groups in total. The van der Waals surface area contributed by atoms with E-state index >= 15 is 0 Å². The van der Waals surface area contributed by atoms with E-state index in [0.29, 0.717) is 0 Å². The Bertz CT molecular complexity index is 893. The van der Waals surface area contributed by atoms with Crippen molar-refractivity contribution in [2.75, 3.05) is 13.2 Å². The summed E-state index contributed by atoms with van der Waals surface area (Å²) in [6.45, 7) is 16.8. The van der Waals surface area contributed by atoms with Crippen LogP contribution < -0.4 is 10.5 Å². The molecule has 190 valence electrons. The van der Waals surface area contributed by atoms with Crippen molar-refractivity contribution in [2.45, 2.75) is 105 Å². The fourth-order valence-corrected chi connectivity index (χ4v) is 4.95. The van der Waals surface area contributed by atoms with E-state index in [0.717, 1.165) is 63.8 Å². The molecule has 0 saturated heterocycles. The van der Waals surface area contributed by atoms with Gasteiger partial charge in [0.1, 0.15) is 5.75 Å². The Balaban J connectivity index is 2.23. The van der Waals surface area contributed by atoms with E-state index in [1.807, 2.05) is 0 Å². The average Bonchev–Trinajstić information content (AvgIpc) is 2.80. The lowest BCUT2D eigenvalue weighted by Crippen LogP contribution is -2.27. The molecule has 0 aliphatic rings. The minimum atomic E-state index is -0.290. The summed E-state index contributed by atoms with van der Waals surface area (Å²) in [6, 6.07) is 13.7. The number of aryl methyl sites for hydroxylation is 3. The lowest BCUT2D eigenvalue weighted by Gasteiger charge is -2.34. The fraction of sp³-hybridized carbons (Fsp3) is 0.613. The van der Waals surface area contributed by atoms with Gasteiger partial charge < -0.3 is 15.6 Å². The maximum absolute atomic E-state index is 10.5. The molecule has 2 aromatic carbocycles. The highest BCUT2D eigenvalue weighted by Crippen LogP contribution is 2.41. The minimum Gasteiger partial charge on any atom is -0.493 e. The molecule has 0 bridgehead atoms. The molecule has 0 amide bonds. The number of rotatable bonds is 13. The molecular formula is C31H49NO2. The van der Waals surface area contributed by atoms with Crippen LogP contribution in [-0.4, -0.2) is 24.4 Å². The summed E-state index contributed by atoms with van der Waals surface area (Å²) >= 11 is 0. The number of hydrogen-bond donors (Lipinski definition) is 2. The van der Waals surface area contributed by atoms with E-state index in [9.17, 15) is 5.11 Å². The molecular weight excluding hydrogens is 418 g/mol. The highest BCUT2D eigenvalue weighted by atomic mass is 16.5. The van der Waals surface area contributed by atoms with Gasteiger partial charge in [-0.1, -0.05) is 65.0 Å². The monoisotopic (exact) mass is 467 g/mol. The topological polar surface area (TPSA) is 55.5 Å². The zero-order valence-electron chi connectivity index (χ0n) is 22.8. The van der Waals surface area contributed by atoms with E-state index in [1.54, 1.807) is 0 Å². The Morgan fingerprint density at radius 1 is 0.882 bits per heavy atom. The SMILES string of the molecule is CCC(CC)(c1ccc(CCC(O)C(C)(C)C)c(C)c1)c1ccc(OCCCCCN)c(C)c1. The molecule has 0 aromatic heterocycles. The first-order chi connectivity index (χ1) is 16.1. The van der Waals surface area contributed by atoms with E-state index in [-0.39, 0.29) is 16.9 Å². The van der Waals surface area contributed by atoms with Crippen LogP contribution in [0.25, 0.3) is 0 Å². The zero-order valence-corrected chi connectivity index (χ0v) is 22.8. The second-order valence-electron chi connectivity index (χ2n) is 11.0. The maximum Gasteiger partial charge on any atom is 0.122 e. The molecule has 0 fully saturated rings. The average molecular weight is 468 g/mol. The lowest BCUT2D eigenvalue weighted by atomic mass is 9.69. The predicted octanol–water partition coefficient (Wildman–Crippen LogP) is 7.26. The molecule has 0 aliphatic heterocycles. The molecule has 1 atom stereocenters. The number of hydrogen-bond acceptors (Lipinski definition) is 3. The number of aliphatic hydroxyl groups excluding tert-OH is 1. The first kappa shape index (κ1) is 28.4. The smallest absolute Gasteiger partial charge is 0.122 e. The quantitative estimate of drug-likeness (QED) is 0.305. The Hall–Kier alpha value is -1.84. The second-order valence-corrected chi connectivity index (χ2v) is 11.0. The van der Waals surface area contributed by atoms with Crippen LogP contribution >= 0.6 is 0 Å². The third-order valence-corrected chi connectivity index (χ3v) is 7.62. The molecule has 0 spiro atoms. The van der Waals surface area contributed by atoms with Crippen LogP contribution in [0.5, 0.6) is 5.75 Å². The number of unbranched alkanes of at least 4 members (excludes halogenated alkanes) is 2. The highest BCUT2D eigenvalue weighted by Gasteiger charge is 2.31. The largest absolute Gasteiger partial charge is 0.493 e. The van der Waals surface area contributed by atoms with Crippen molar-refractivity contribution in [3.05, 3.63) is 64.2 Å². The van der Waals surface area contributed by atoms with Crippen LogP contribution in [0.3, 0.4) is 0 Å². The van der Waals surface area contributed by atoms with E-state index in [1.165, 1.54) is 27.8 Å². The molecule has 2 aromatic rings. The molecule has 0 radical (unpaired) electrons. The normalized spacial score (nSPS) is 13.2. The lowest BCUT2D eigenvalue weighted by molar-refractivity contribution is 0.0560. The molecule has 3 heteroatoms. The Labute approximate surface area is 209 Å². The summed E-state index contributed by atoms with van der Waals surface area (Å²) in [5.41, 5.74) is 12.1. The Kier molecular flexibility index (Phi) is 10.6. The molecule has 2 rings (SSSR count). The maximum atomic E-state index is 10.5. The first-order valence-electron chi connectivity index (χ1n) is 13.3. The zero-order chi connectivity index (χ0) is 25.4. The highest BCUT2D eigenvalue weighted by molar-refractivity contribution is 5.47. The van der Waals surface area contributed by atoms with Gasteiger partial charge in [0.15, 0.2) is 0 Å². The first-order valence-corrected chi connectivity index (χ1v) is 13.3. The van der Waals surface area contributed by atoms with Gasteiger partial charge in [0.05, 0.1) is 12.7 Å². The van der Waals surface area contributed by atoms with Crippen LogP contribution in [0.15, 0.2) is 36.4 Å². The van der Waals surface area contributed by atoms with Gasteiger partial charge in [-0.15, -0.1) is 0 Å². The molecule has 34 heavy (non-hydrogen) atoms. The van der Waals surface area contributed by atoms with Crippen molar-refractivity contribution in [2.24, 2.45) is 11.1 Å². The minimum absolute atomic E-state index is 0.0152. The van der Waals surface area contributed by atoms with Crippen LogP contribution in [0.2, 0.25) is 0 Å². The number of benzene rings is 2. The van der Waals surface area contributed by atoms with E-state index < -0.39 is 0 Å². The summed E-state index contributed by atoms with van der Waals surface area (Å²) in [6.07, 6.45) is 6.73. The third kappa shape index (κ3) is 7.09. The Morgan fingerprint density at radius 3 is 2.03 bits per heavy atom. The van der Waals surface area contributed by atoms with Crippen molar-refractivity contribution < 1.29 is 9.84 Å². The van der Waals surface area contributed by atoms with Crippen LogP contribution in [0.1, 0.15) is 101 Å². The molecule has 0 saturated carbocycles. The second kappa shape index (κ2) is 12.7. The number of nitrogens with two attached hydrogens (primary N) is 1. The number of aliphatic hydroxyl groups is 1. The van der Waals surface area contributed by atoms with Crippen LogP contribution in [-0.2, 0) is 11.8 Å².